The first kappa shape index (κ1) is 17.3. The van der Waals surface area contributed by atoms with Crippen molar-refractivity contribution in [3.63, 3.8) is 0 Å². The smallest absolute Gasteiger partial charge is 0.272 e. The molecular weight excluding hydrogens is 314 g/mol. The van der Waals surface area contributed by atoms with Gasteiger partial charge in [-0.15, -0.1) is 0 Å². The Morgan fingerprint density at radius 2 is 2.00 bits per heavy atom. The van der Waals surface area contributed by atoms with Gasteiger partial charge in [0.2, 0.25) is 0 Å². The Morgan fingerprint density at radius 1 is 1.25 bits per heavy atom. The highest BCUT2D eigenvalue weighted by Crippen LogP contribution is 2.42. The number of halogens is 2. The van der Waals surface area contributed by atoms with E-state index in [2.05, 4.69) is 17.6 Å². The third kappa shape index (κ3) is 3.74. The fraction of sp³-hybridized carbons (Fsp3) is 0.667. The number of rotatable bonds is 7. The number of aliphatic hydroxyl groups is 1. The van der Waals surface area contributed by atoms with Gasteiger partial charge < -0.3 is 20.5 Å². The van der Waals surface area contributed by atoms with Gasteiger partial charge in [-0.1, -0.05) is 19.8 Å². The monoisotopic (exact) mass is 340 g/mol. The molecule has 1 aliphatic carbocycles. The molecular formula is C18H26F2N2O2. The molecule has 3 N–H and O–H groups in total. The Morgan fingerprint density at radius 3 is 2.67 bits per heavy atom. The van der Waals surface area contributed by atoms with Crippen molar-refractivity contribution in [1.82, 2.24) is 0 Å². The van der Waals surface area contributed by atoms with Crippen molar-refractivity contribution in [2.24, 2.45) is 11.8 Å². The molecule has 4 atom stereocenters. The van der Waals surface area contributed by atoms with Gasteiger partial charge in [0.15, 0.2) is 6.23 Å². The minimum atomic E-state index is -2.97. The van der Waals surface area contributed by atoms with Crippen LogP contribution >= 0.6 is 0 Å². The average Bonchev–Trinajstić information content (AvgIpc) is 3.25. The predicted octanol–water partition coefficient (Wildman–Crippen LogP) is 4.07. The first-order valence-electron chi connectivity index (χ1n) is 8.67. The van der Waals surface area contributed by atoms with Gasteiger partial charge in [0.1, 0.15) is 11.8 Å². The van der Waals surface area contributed by atoms with Crippen LogP contribution in [-0.2, 0) is 0 Å². The number of aliphatic hydroxyl groups excluding tert-OH is 1. The molecule has 0 amide bonds. The molecule has 0 radical (unpaired) electrons. The lowest BCUT2D eigenvalue weighted by Crippen LogP contribution is -2.53. The van der Waals surface area contributed by atoms with E-state index in [1.54, 1.807) is 18.2 Å². The minimum Gasteiger partial charge on any atom is -0.497 e. The third-order valence-electron chi connectivity index (χ3n) is 5.22. The molecule has 0 saturated heterocycles. The average molecular weight is 340 g/mol. The second-order valence-corrected chi connectivity index (χ2v) is 7.10. The third-order valence-corrected chi connectivity index (χ3v) is 5.22. The summed E-state index contributed by atoms with van der Waals surface area (Å²) in [4.78, 5) is 0. The second-order valence-electron chi connectivity index (χ2n) is 7.10. The highest BCUT2D eigenvalue weighted by molar-refractivity contribution is 5.73. The number of nitrogens with one attached hydrogen (secondary N) is 2. The number of hydrogen-bond donors (Lipinski definition) is 3. The lowest BCUT2D eigenvalue weighted by atomic mass is 9.98. The van der Waals surface area contributed by atoms with E-state index in [0.717, 1.165) is 24.7 Å². The predicted molar refractivity (Wildman–Crippen MR) is 90.7 cm³/mol. The maximum absolute atomic E-state index is 14.5. The number of unbranched alkanes of at least 4 members (excludes halogenated alkanes) is 1. The van der Waals surface area contributed by atoms with Gasteiger partial charge in [0, 0.05) is 12.5 Å². The minimum absolute atomic E-state index is 0.212. The van der Waals surface area contributed by atoms with E-state index >= 15 is 0 Å². The normalized spacial score (nSPS) is 28.5. The lowest BCUT2D eigenvalue weighted by Gasteiger charge is -2.37. The fourth-order valence-corrected chi connectivity index (χ4v) is 3.45. The Bertz CT molecular complexity index is 582. The largest absolute Gasteiger partial charge is 0.497 e. The van der Waals surface area contributed by atoms with Crippen LogP contribution in [0.15, 0.2) is 18.2 Å². The van der Waals surface area contributed by atoms with Gasteiger partial charge in [0.25, 0.3) is 5.92 Å². The van der Waals surface area contributed by atoms with Gasteiger partial charge in [0.05, 0.1) is 18.5 Å². The molecule has 4 nitrogen and oxygen atoms in total. The molecule has 1 fully saturated rings. The number of alkyl halides is 2. The summed E-state index contributed by atoms with van der Waals surface area (Å²) in [5.41, 5.74) is 1.12. The molecule has 1 aromatic carbocycles. The molecule has 2 aliphatic rings. The van der Waals surface area contributed by atoms with Crippen LogP contribution in [0.3, 0.4) is 0 Å². The Balaban J connectivity index is 1.57. The topological polar surface area (TPSA) is 53.5 Å². The van der Waals surface area contributed by atoms with Crippen LogP contribution in [-0.4, -0.2) is 30.4 Å². The van der Waals surface area contributed by atoms with Crippen LogP contribution in [0.2, 0.25) is 0 Å². The maximum Gasteiger partial charge on any atom is 0.272 e. The Hall–Kier alpha value is -1.56. The van der Waals surface area contributed by atoms with Crippen LogP contribution in [0.1, 0.15) is 39.0 Å². The molecule has 1 aliphatic heterocycles. The van der Waals surface area contributed by atoms with E-state index in [0.29, 0.717) is 23.5 Å². The molecule has 1 saturated carbocycles. The maximum atomic E-state index is 14.5. The fourth-order valence-electron chi connectivity index (χ4n) is 3.45. The summed E-state index contributed by atoms with van der Waals surface area (Å²) in [5, 5.41) is 15.6. The Labute approximate surface area is 141 Å². The van der Waals surface area contributed by atoms with Gasteiger partial charge >= 0.3 is 0 Å². The first-order chi connectivity index (χ1) is 11.4. The van der Waals surface area contributed by atoms with Crippen molar-refractivity contribution in [3.8, 4) is 5.75 Å². The molecule has 6 heteroatoms. The summed E-state index contributed by atoms with van der Waals surface area (Å²) < 4.78 is 34.2. The van der Waals surface area contributed by atoms with Crippen molar-refractivity contribution in [3.05, 3.63) is 18.2 Å². The first-order valence-corrected chi connectivity index (χ1v) is 8.67. The van der Waals surface area contributed by atoms with Crippen molar-refractivity contribution in [2.75, 3.05) is 17.7 Å². The van der Waals surface area contributed by atoms with Crippen molar-refractivity contribution >= 4 is 11.4 Å². The van der Waals surface area contributed by atoms with Gasteiger partial charge in [-0.05, 0) is 36.8 Å². The van der Waals surface area contributed by atoms with Gasteiger partial charge in [-0.25, -0.2) is 8.78 Å². The quantitative estimate of drug-likeness (QED) is 0.655. The number of fused-ring (bicyclic) bond motifs is 1. The highest BCUT2D eigenvalue weighted by atomic mass is 19.3. The summed E-state index contributed by atoms with van der Waals surface area (Å²) >= 11 is 0. The zero-order chi connectivity index (χ0) is 17.3. The summed E-state index contributed by atoms with van der Waals surface area (Å²) in [7, 11) is 1.54. The zero-order valence-corrected chi connectivity index (χ0v) is 14.2. The molecule has 24 heavy (non-hydrogen) atoms. The standard InChI is InChI=1S/C18H26F2N2O2/c1-11-9-12(11)5-3-4-8-18(19,20)16-17(23)22-15-10-13(24-2)6-7-14(15)21-16/h6-7,10-12,16-17,21-23H,3-5,8-9H2,1-2H3/t11?,12-,16?,17?/m1/s1. The summed E-state index contributed by atoms with van der Waals surface area (Å²) in [6, 6.07) is 3.73. The Kier molecular flexibility index (Phi) is 4.85. The number of ether oxygens (including phenoxy) is 1. The van der Waals surface area contributed by atoms with E-state index in [4.69, 9.17) is 4.74 Å². The van der Waals surface area contributed by atoms with E-state index in [1.165, 1.54) is 13.5 Å². The van der Waals surface area contributed by atoms with E-state index in [1.807, 2.05) is 0 Å². The van der Waals surface area contributed by atoms with Gasteiger partial charge in [-0.2, -0.15) is 0 Å². The summed E-state index contributed by atoms with van der Waals surface area (Å²) in [6.45, 7) is 2.21. The molecule has 3 rings (SSSR count). The molecule has 3 unspecified atom stereocenters. The van der Waals surface area contributed by atoms with Crippen LogP contribution in [0, 0.1) is 11.8 Å². The summed E-state index contributed by atoms with van der Waals surface area (Å²) in [6.07, 6.45) is 2.03. The number of methoxy groups -OCH3 is 1. The number of anilines is 2. The SMILES string of the molecule is COc1ccc2c(c1)NC(O)C(C(F)(F)CCCC[C@@H]1CC1C)N2. The van der Waals surface area contributed by atoms with Crippen molar-refractivity contribution in [2.45, 2.75) is 57.2 Å². The molecule has 0 bridgehead atoms. The molecule has 1 heterocycles. The van der Waals surface area contributed by atoms with E-state index in [9.17, 15) is 13.9 Å². The molecule has 0 spiro atoms. The van der Waals surface area contributed by atoms with Crippen molar-refractivity contribution in [1.29, 1.82) is 0 Å². The second kappa shape index (κ2) is 6.75. The zero-order valence-electron chi connectivity index (χ0n) is 14.2. The molecule has 0 aromatic heterocycles. The van der Waals surface area contributed by atoms with Crippen molar-refractivity contribution < 1.29 is 18.6 Å². The summed E-state index contributed by atoms with van der Waals surface area (Å²) in [5.74, 6) is -0.862. The van der Waals surface area contributed by atoms with Crippen LogP contribution in [0.5, 0.6) is 5.75 Å². The van der Waals surface area contributed by atoms with Crippen LogP contribution in [0.25, 0.3) is 0 Å². The van der Waals surface area contributed by atoms with E-state index < -0.39 is 18.2 Å². The highest BCUT2D eigenvalue weighted by Gasteiger charge is 2.45. The number of benzene rings is 1. The molecule has 134 valence electrons. The molecule has 1 aromatic rings. The van der Waals surface area contributed by atoms with Crippen LogP contribution < -0.4 is 15.4 Å². The van der Waals surface area contributed by atoms with E-state index in [-0.39, 0.29) is 6.42 Å². The lowest BCUT2D eigenvalue weighted by molar-refractivity contribution is -0.0600. The van der Waals surface area contributed by atoms with Gasteiger partial charge in [-0.3, -0.25) is 0 Å². The number of hydrogen-bond acceptors (Lipinski definition) is 4. The van der Waals surface area contributed by atoms with Crippen LogP contribution in [0.4, 0.5) is 20.2 Å².